The third-order valence-electron chi connectivity index (χ3n) is 3.49. The molecule has 0 saturated carbocycles. The first-order valence-corrected chi connectivity index (χ1v) is 7.59. The lowest BCUT2D eigenvalue weighted by Crippen LogP contribution is -1.96. The highest BCUT2D eigenvalue weighted by Gasteiger charge is 2.07. The smallest absolute Gasteiger partial charge is 0.371 e. The molecule has 1 aromatic heterocycles. The van der Waals surface area contributed by atoms with Crippen molar-refractivity contribution in [3.63, 3.8) is 0 Å². The summed E-state index contributed by atoms with van der Waals surface area (Å²) >= 11 is 0. The molecular weight excluding hydrogens is 323 g/mol. The van der Waals surface area contributed by atoms with Crippen molar-refractivity contribution < 1.29 is 23.4 Å². The number of hydrogen-bond donors (Lipinski definition) is 1. The maximum absolute atomic E-state index is 12.9. The van der Waals surface area contributed by atoms with E-state index in [1.54, 1.807) is 30.4 Å². The second-order valence-electron chi connectivity index (χ2n) is 5.29. The zero-order valence-electron chi connectivity index (χ0n) is 13.2. The monoisotopic (exact) mass is 338 g/mol. The van der Waals surface area contributed by atoms with Crippen LogP contribution in [0.2, 0.25) is 0 Å². The molecule has 0 fully saturated rings. The molecule has 1 heterocycles. The molecule has 0 radical (unpaired) electrons. The van der Waals surface area contributed by atoms with E-state index in [9.17, 15) is 9.18 Å². The van der Waals surface area contributed by atoms with Crippen molar-refractivity contribution in [2.75, 3.05) is 0 Å². The fraction of sp³-hybridized carbons (Fsp3) is 0.0500. The number of benzene rings is 2. The number of para-hydroxylation sites is 1. The third-order valence-corrected chi connectivity index (χ3v) is 3.49. The van der Waals surface area contributed by atoms with Gasteiger partial charge in [-0.05, 0) is 48.0 Å². The van der Waals surface area contributed by atoms with Crippen LogP contribution in [-0.2, 0) is 6.61 Å². The highest BCUT2D eigenvalue weighted by atomic mass is 19.1. The second-order valence-corrected chi connectivity index (χ2v) is 5.29. The SMILES string of the molecule is O=C(O)c1ccc(/C=C\c2ccccc2OCc2ccc(F)cc2)o1. The molecule has 25 heavy (non-hydrogen) atoms. The third kappa shape index (κ3) is 4.35. The van der Waals surface area contributed by atoms with Crippen molar-refractivity contribution in [3.05, 3.63) is 89.1 Å². The van der Waals surface area contributed by atoms with Crippen LogP contribution in [0.25, 0.3) is 12.2 Å². The Kier molecular flexibility index (Phi) is 4.95. The van der Waals surface area contributed by atoms with E-state index in [4.69, 9.17) is 14.3 Å². The summed E-state index contributed by atoms with van der Waals surface area (Å²) in [6.07, 6.45) is 3.46. The van der Waals surface area contributed by atoms with E-state index >= 15 is 0 Å². The topological polar surface area (TPSA) is 59.7 Å². The summed E-state index contributed by atoms with van der Waals surface area (Å²) in [6.45, 7) is 0.315. The molecule has 5 heteroatoms. The van der Waals surface area contributed by atoms with Crippen LogP contribution in [0.15, 0.2) is 65.1 Å². The lowest BCUT2D eigenvalue weighted by molar-refractivity contribution is 0.0662. The first kappa shape index (κ1) is 16.5. The van der Waals surface area contributed by atoms with E-state index in [1.807, 2.05) is 24.3 Å². The van der Waals surface area contributed by atoms with Crippen molar-refractivity contribution in [3.8, 4) is 5.75 Å². The molecule has 0 spiro atoms. The minimum Gasteiger partial charge on any atom is -0.488 e. The van der Waals surface area contributed by atoms with Gasteiger partial charge in [0.25, 0.3) is 0 Å². The van der Waals surface area contributed by atoms with E-state index in [0.29, 0.717) is 18.1 Å². The standard InChI is InChI=1S/C20H15FO4/c21-16-8-5-14(6-9-16)13-24-18-4-2-1-3-15(18)7-10-17-11-12-19(25-17)20(22)23/h1-12H,13H2,(H,22,23)/b10-7-. The van der Waals surface area contributed by atoms with Crippen LogP contribution in [0.4, 0.5) is 4.39 Å². The van der Waals surface area contributed by atoms with Gasteiger partial charge < -0.3 is 14.3 Å². The molecule has 3 rings (SSSR count). The first-order valence-electron chi connectivity index (χ1n) is 7.59. The quantitative estimate of drug-likeness (QED) is 0.697. The maximum atomic E-state index is 12.9. The molecule has 2 aromatic carbocycles. The number of carboxylic acids is 1. The molecule has 0 unspecified atom stereocenters. The number of carboxylic acid groups (broad SMARTS) is 1. The Bertz CT molecular complexity index is 894. The zero-order chi connectivity index (χ0) is 17.6. The fourth-order valence-electron chi connectivity index (χ4n) is 2.22. The van der Waals surface area contributed by atoms with Crippen molar-refractivity contribution in [2.45, 2.75) is 6.61 Å². The molecular formula is C20H15FO4. The highest BCUT2D eigenvalue weighted by molar-refractivity contribution is 5.85. The van der Waals surface area contributed by atoms with Crippen LogP contribution in [0.5, 0.6) is 5.75 Å². The van der Waals surface area contributed by atoms with Gasteiger partial charge in [0, 0.05) is 5.56 Å². The van der Waals surface area contributed by atoms with Crippen LogP contribution in [0, 0.1) is 5.82 Å². The Morgan fingerprint density at radius 3 is 2.52 bits per heavy atom. The Hall–Kier alpha value is -3.34. The predicted octanol–water partition coefficient (Wildman–Crippen LogP) is 4.87. The van der Waals surface area contributed by atoms with Gasteiger partial charge in [-0.1, -0.05) is 30.3 Å². The average molecular weight is 338 g/mol. The summed E-state index contributed by atoms with van der Waals surface area (Å²) in [7, 11) is 0. The van der Waals surface area contributed by atoms with Crippen molar-refractivity contribution in [1.29, 1.82) is 0 Å². The molecule has 0 bridgehead atoms. The lowest BCUT2D eigenvalue weighted by Gasteiger charge is -2.09. The second kappa shape index (κ2) is 7.49. The van der Waals surface area contributed by atoms with Gasteiger partial charge in [0.1, 0.15) is 23.9 Å². The number of furan rings is 1. The average Bonchev–Trinajstić information content (AvgIpc) is 3.09. The number of aromatic carboxylic acids is 1. The maximum Gasteiger partial charge on any atom is 0.371 e. The Balaban J connectivity index is 1.72. The Morgan fingerprint density at radius 1 is 1.04 bits per heavy atom. The van der Waals surface area contributed by atoms with Crippen LogP contribution in [0.1, 0.15) is 27.4 Å². The van der Waals surface area contributed by atoms with Gasteiger partial charge in [0.05, 0.1) is 0 Å². The summed E-state index contributed by atoms with van der Waals surface area (Å²) in [4.78, 5) is 10.8. The largest absolute Gasteiger partial charge is 0.488 e. The van der Waals surface area contributed by atoms with E-state index in [-0.39, 0.29) is 11.6 Å². The Morgan fingerprint density at radius 2 is 1.80 bits per heavy atom. The number of rotatable bonds is 6. The molecule has 0 aliphatic heterocycles. The fourth-order valence-corrected chi connectivity index (χ4v) is 2.22. The zero-order valence-corrected chi connectivity index (χ0v) is 13.2. The summed E-state index contributed by atoms with van der Waals surface area (Å²) in [5.41, 5.74) is 1.68. The molecule has 3 aromatic rings. The van der Waals surface area contributed by atoms with Crippen molar-refractivity contribution in [2.24, 2.45) is 0 Å². The van der Waals surface area contributed by atoms with Crippen LogP contribution in [0.3, 0.4) is 0 Å². The Labute approximate surface area is 143 Å². The minimum absolute atomic E-state index is 0.111. The van der Waals surface area contributed by atoms with E-state index in [0.717, 1.165) is 11.1 Å². The van der Waals surface area contributed by atoms with Gasteiger partial charge >= 0.3 is 5.97 Å². The van der Waals surface area contributed by atoms with Crippen LogP contribution in [-0.4, -0.2) is 11.1 Å². The van der Waals surface area contributed by atoms with Gasteiger partial charge in [0.15, 0.2) is 0 Å². The van der Waals surface area contributed by atoms with Gasteiger partial charge in [-0.2, -0.15) is 0 Å². The number of ether oxygens (including phenoxy) is 1. The normalized spacial score (nSPS) is 10.9. The summed E-state index contributed by atoms with van der Waals surface area (Å²) in [5, 5.41) is 8.86. The van der Waals surface area contributed by atoms with E-state index in [2.05, 4.69) is 0 Å². The van der Waals surface area contributed by atoms with Crippen molar-refractivity contribution >= 4 is 18.1 Å². The summed E-state index contributed by atoms with van der Waals surface area (Å²) in [5.74, 6) is -0.409. The number of hydrogen-bond acceptors (Lipinski definition) is 3. The van der Waals surface area contributed by atoms with Gasteiger partial charge in [-0.15, -0.1) is 0 Å². The highest BCUT2D eigenvalue weighted by Crippen LogP contribution is 2.22. The van der Waals surface area contributed by atoms with Crippen LogP contribution < -0.4 is 4.74 Å². The predicted molar refractivity (Wildman–Crippen MR) is 91.8 cm³/mol. The minimum atomic E-state index is -1.11. The van der Waals surface area contributed by atoms with Crippen molar-refractivity contribution in [1.82, 2.24) is 0 Å². The lowest BCUT2D eigenvalue weighted by atomic mass is 10.1. The van der Waals surface area contributed by atoms with Gasteiger partial charge in [-0.3, -0.25) is 0 Å². The summed E-state index contributed by atoms with van der Waals surface area (Å²) < 4.78 is 23.9. The molecule has 0 saturated heterocycles. The number of carbonyl (C=O) groups is 1. The molecule has 0 atom stereocenters. The van der Waals surface area contributed by atoms with E-state index < -0.39 is 5.97 Å². The molecule has 0 aliphatic carbocycles. The number of halogens is 1. The molecule has 0 aliphatic rings. The van der Waals surface area contributed by atoms with Gasteiger partial charge in [0.2, 0.25) is 5.76 Å². The summed E-state index contributed by atoms with van der Waals surface area (Å²) in [6, 6.07) is 16.5. The van der Waals surface area contributed by atoms with Gasteiger partial charge in [-0.25, -0.2) is 9.18 Å². The molecule has 1 N–H and O–H groups in total. The van der Waals surface area contributed by atoms with Crippen LogP contribution >= 0.6 is 0 Å². The molecule has 126 valence electrons. The molecule has 4 nitrogen and oxygen atoms in total. The molecule has 0 amide bonds. The van der Waals surface area contributed by atoms with E-state index in [1.165, 1.54) is 18.2 Å². The first-order chi connectivity index (χ1) is 12.1.